The number of nitrogens with zero attached hydrogens (tertiary/aromatic N) is 3. The van der Waals surface area contributed by atoms with Crippen molar-refractivity contribution in [3.63, 3.8) is 0 Å². The Hall–Kier alpha value is -7.58. The van der Waals surface area contributed by atoms with E-state index in [4.69, 9.17) is 28.4 Å². The van der Waals surface area contributed by atoms with E-state index in [0.29, 0.717) is 39.6 Å². The maximum absolute atomic E-state index is 12.6. The fourth-order valence-electron chi connectivity index (χ4n) is 8.15. The summed E-state index contributed by atoms with van der Waals surface area (Å²) in [4.78, 5) is 52.0. The van der Waals surface area contributed by atoms with Gasteiger partial charge < -0.3 is 33.3 Å². The molecule has 0 spiro atoms. The highest BCUT2D eigenvalue weighted by atomic mass is 16.6. The van der Waals surface area contributed by atoms with Crippen molar-refractivity contribution in [1.82, 2.24) is 0 Å². The Kier molecular flexibility index (Phi) is 17.2. The number of esters is 4. The molecule has 2 atom stereocenters. The number of hydrogen-bond donors (Lipinski definition) is 0. The third-order valence-corrected chi connectivity index (χ3v) is 13.3. The standard InChI is InChI=1S/C58H59N3O10/c1-5-57(34-66-35-57)38-68-53(62)27-29-55(64)70-40(3)44-9-13-46(14-10-44)48-17-23-51(24-18-48)61(50-21-7-42(8-22-50)31-43(32-59)33-60)52-25-19-49(20-26-52)47-15-11-45(12-16-47)41(4)71-56(65)30-28-54(63)69-39-58(6-2)36-67-37-58/h7-26,31,40-41H,5-6,27-30,34-39H2,1-4H3. The Morgan fingerprint density at radius 2 is 0.859 bits per heavy atom. The lowest BCUT2D eigenvalue weighted by Gasteiger charge is -2.39. The second-order valence-corrected chi connectivity index (χ2v) is 18.3. The molecule has 5 aromatic carbocycles. The molecule has 2 unspecified atom stereocenters. The molecule has 0 aliphatic carbocycles. The van der Waals surface area contributed by atoms with E-state index in [1.807, 2.05) is 147 Å². The quantitative estimate of drug-likeness (QED) is 0.0364. The molecular weight excluding hydrogens is 899 g/mol. The van der Waals surface area contributed by atoms with E-state index in [9.17, 15) is 29.7 Å². The lowest BCUT2D eigenvalue weighted by atomic mass is 9.84. The number of anilines is 3. The maximum atomic E-state index is 12.6. The molecule has 13 heteroatoms. The van der Waals surface area contributed by atoms with Crippen molar-refractivity contribution in [1.29, 1.82) is 10.5 Å². The highest BCUT2D eigenvalue weighted by Gasteiger charge is 2.39. The average molecular weight is 958 g/mol. The van der Waals surface area contributed by atoms with Gasteiger partial charge in [-0.2, -0.15) is 10.5 Å². The Morgan fingerprint density at radius 1 is 0.535 bits per heavy atom. The van der Waals surface area contributed by atoms with Crippen molar-refractivity contribution in [2.45, 2.75) is 78.4 Å². The fourth-order valence-corrected chi connectivity index (χ4v) is 8.15. The van der Waals surface area contributed by atoms with Gasteiger partial charge >= 0.3 is 23.9 Å². The van der Waals surface area contributed by atoms with Gasteiger partial charge in [-0.1, -0.05) is 98.8 Å². The lowest BCUT2D eigenvalue weighted by Crippen LogP contribution is -2.46. The summed E-state index contributed by atoms with van der Waals surface area (Å²) in [6.45, 7) is 10.6. The highest BCUT2D eigenvalue weighted by molar-refractivity contribution is 5.81. The van der Waals surface area contributed by atoms with Crippen LogP contribution in [0.2, 0.25) is 0 Å². The van der Waals surface area contributed by atoms with Crippen LogP contribution in [-0.4, -0.2) is 63.5 Å². The SMILES string of the molecule is CCC1(COC(=O)CCC(=O)OC(C)c2ccc(-c3ccc(N(c4ccc(C=C(C#N)C#N)cc4)c4ccc(-c5ccc(C(C)OC(=O)CCC(=O)OCC6(CC)COC6)cc5)cc4)cc3)cc2)COC1. The van der Waals surface area contributed by atoms with E-state index in [2.05, 4.69) is 4.90 Å². The molecule has 2 aliphatic heterocycles. The number of nitriles is 2. The van der Waals surface area contributed by atoms with Crippen LogP contribution in [-0.2, 0) is 47.6 Å². The van der Waals surface area contributed by atoms with Gasteiger partial charge in [0.1, 0.15) is 43.1 Å². The van der Waals surface area contributed by atoms with Crippen molar-refractivity contribution < 1.29 is 47.6 Å². The number of ether oxygens (including phenoxy) is 6. The molecule has 5 aromatic rings. The van der Waals surface area contributed by atoms with Gasteiger partial charge in [0.15, 0.2) is 0 Å². The molecule has 0 N–H and O–H groups in total. The maximum Gasteiger partial charge on any atom is 0.306 e. The van der Waals surface area contributed by atoms with Crippen LogP contribution in [0.3, 0.4) is 0 Å². The molecule has 2 heterocycles. The molecule has 0 radical (unpaired) electrons. The first-order valence-electron chi connectivity index (χ1n) is 24.0. The summed E-state index contributed by atoms with van der Waals surface area (Å²) in [6, 6.07) is 43.4. The van der Waals surface area contributed by atoms with Crippen molar-refractivity contribution in [2.75, 3.05) is 44.5 Å². The molecule has 2 saturated heterocycles. The van der Waals surface area contributed by atoms with Gasteiger partial charge in [-0.25, -0.2) is 0 Å². The summed E-state index contributed by atoms with van der Waals surface area (Å²) < 4.78 is 32.7. The zero-order valence-electron chi connectivity index (χ0n) is 40.7. The van der Waals surface area contributed by atoms with E-state index < -0.39 is 36.1 Å². The molecule has 2 fully saturated rings. The molecule has 7 rings (SSSR count). The first kappa shape index (κ1) is 51.3. The monoisotopic (exact) mass is 957 g/mol. The van der Waals surface area contributed by atoms with Crippen molar-refractivity contribution >= 4 is 47.0 Å². The second-order valence-electron chi connectivity index (χ2n) is 18.3. The smallest absolute Gasteiger partial charge is 0.306 e. The zero-order chi connectivity index (χ0) is 50.4. The summed E-state index contributed by atoms with van der Waals surface area (Å²) in [7, 11) is 0. The number of allylic oxidation sites excluding steroid dienone is 1. The molecule has 71 heavy (non-hydrogen) atoms. The molecule has 0 saturated carbocycles. The van der Waals surface area contributed by atoms with Crippen LogP contribution in [0.15, 0.2) is 127 Å². The van der Waals surface area contributed by atoms with Crippen LogP contribution in [0.25, 0.3) is 28.3 Å². The normalized spacial score (nSPS) is 14.9. The number of carbonyl (C=O) groups is 4. The zero-order valence-corrected chi connectivity index (χ0v) is 40.7. The van der Waals surface area contributed by atoms with Crippen LogP contribution in [0.1, 0.15) is 95.1 Å². The van der Waals surface area contributed by atoms with Crippen LogP contribution < -0.4 is 4.90 Å². The summed E-state index contributed by atoms with van der Waals surface area (Å²) in [5, 5.41) is 18.6. The van der Waals surface area contributed by atoms with Crippen molar-refractivity contribution in [2.24, 2.45) is 10.8 Å². The topological polar surface area (TPSA) is 174 Å². The summed E-state index contributed by atoms with van der Waals surface area (Å²) in [5.74, 6) is -1.79. The number of carbonyl (C=O) groups excluding carboxylic acids is 4. The summed E-state index contributed by atoms with van der Waals surface area (Å²) >= 11 is 0. The molecule has 0 aromatic heterocycles. The predicted molar refractivity (Wildman–Crippen MR) is 268 cm³/mol. The van der Waals surface area contributed by atoms with Gasteiger partial charge in [-0.05, 0) is 108 Å². The van der Waals surface area contributed by atoms with E-state index in [1.54, 1.807) is 19.9 Å². The predicted octanol–water partition coefficient (Wildman–Crippen LogP) is 11.6. The molecule has 366 valence electrons. The Labute approximate surface area is 415 Å². The van der Waals surface area contributed by atoms with E-state index in [1.165, 1.54) is 0 Å². The number of rotatable bonds is 22. The third-order valence-electron chi connectivity index (χ3n) is 13.3. The first-order valence-corrected chi connectivity index (χ1v) is 24.0. The Balaban J connectivity index is 0.983. The Bertz CT molecular complexity index is 2570. The van der Waals surface area contributed by atoms with E-state index >= 15 is 0 Å². The van der Waals surface area contributed by atoms with E-state index in [-0.39, 0.29) is 42.1 Å². The van der Waals surface area contributed by atoms with Gasteiger partial charge in [-0.3, -0.25) is 19.2 Å². The summed E-state index contributed by atoms with van der Waals surface area (Å²) in [6.07, 6.45) is 2.02. The van der Waals surface area contributed by atoms with Crippen molar-refractivity contribution in [3.8, 4) is 34.4 Å². The minimum absolute atomic E-state index is 0.0116. The van der Waals surface area contributed by atoms with Crippen LogP contribution in [0, 0.1) is 33.5 Å². The van der Waals surface area contributed by atoms with Crippen LogP contribution in [0.4, 0.5) is 17.1 Å². The van der Waals surface area contributed by atoms with Gasteiger partial charge in [0.05, 0.1) is 62.9 Å². The lowest BCUT2D eigenvalue weighted by molar-refractivity contribution is -0.172. The average Bonchev–Trinajstić information content (AvgIpc) is 3.37. The molecule has 2 aliphatic rings. The minimum atomic E-state index is -0.513. The summed E-state index contributed by atoms with van der Waals surface area (Å²) in [5.41, 5.74) is 8.68. The van der Waals surface area contributed by atoms with Crippen molar-refractivity contribution in [3.05, 3.63) is 144 Å². The van der Waals surface area contributed by atoms with Gasteiger partial charge in [0.2, 0.25) is 0 Å². The molecule has 0 amide bonds. The minimum Gasteiger partial charge on any atom is -0.465 e. The van der Waals surface area contributed by atoms with Crippen LogP contribution >= 0.6 is 0 Å². The fraction of sp³-hybridized carbons (Fsp3) is 0.345. The van der Waals surface area contributed by atoms with Gasteiger partial charge in [0, 0.05) is 17.1 Å². The largest absolute Gasteiger partial charge is 0.465 e. The number of hydrogen-bond acceptors (Lipinski definition) is 13. The molecular formula is C58H59N3O10. The number of benzene rings is 5. The molecule has 0 bridgehead atoms. The first-order chi connectivity index (χ1) is 34.3. The second kappa shape index (κ2) is 23.8. The third kappa shape index (κ3) is 13.4. The Morgan fingerprint density at radius 3 is 1.17 bits per heavy atom. The van der Waals surface area contributed by atoms with Gasteiger partial charge in [0.25, 0.3) is 0 Å². The highest BCUT2D eigenvalue weighted by Crippen LogP contribution is 2.38. The molecule has 13 nitrogen and oxygen atoms in total. The van der Waals surface area contributed by atoms with Gasteiger partial charge in [-0.15, -0.1) is 0 Å². The van der Waals surface area contributed by atoms with Crippen LogP contribution in [0.5, 0.6) is 0 Å². The van der Waals surface area contributed by atoms with E-state index in [0.717, 1.165) is 68.8 Å².